The smallest absolute Gasteiger partial charge is 0.127 e. The zero-order valence-electron chi connectivity index (χ0n) is 26.4. The fourth-order valence-corrected chi connectivity index (χ4v) is 5.56. The van der Waals surface area contributed by atoms with Crippen molar-refractivity contribution in [3.63, 3.8) is 0 Å². The van der Waals surface area contributed by atoms with Crippen LogP contribution in [0.15, 0.2) is 34.3 Å². The first-order chi connectivity index (χ1) is 19.0. The summed E-state index contributed by atoms with van der Waals surface area (Å²) in [5.41, 5.74) is 6.15. The Balaban J connectivity index is 1.87. The van der Waals surface area contributed by atoms with E-state index in [0.29, 0.717) is 23.3 Å². The van der Waals surface area contributed by atoms with E-state index in [2.05, 4.69) is 79.7 Å². The van der Waals surface area contributed by atoms with E-state index in [1.807, 2.05) is 12.4 Å². The molecule has 4 heteroatoms. The van der Waals surface area contributed by atoms with Gasteiger partial charge >= 0.3 is 0 Å². The van der Waals surface area contributed by atoms with Crippen molar-refractivity contribution in [2.24, 2.45) is 21.8 Å². The Morgan fingerprint density at radius 3 is 1.35 bits per heavy atom. The highest BCUT2D eigenvalue weighted by Gasteiger charge is 2.24. The van der Waals surface area contributed by atoms with Gasteiger partial charge in [0.05, 0.1) is 12.1 Å². The first-order valence-electron chi connectivity index (χ1n) is 15.7. The number of aromatic hydroxyl groups is 2. The first kappa shape index (κ1) is 31.9. The van der Waals surface area contributed by atoms with Gasteiger partial charge in [-0.1, -0.05) is 80.4 Å². The van der Waals surface area contributed by atoms with Crippen LogP contribution in [0.25, 0.3) is 0 Å². The largest absolute Gasteiger partial charge is 0.507 e. The molecular formula is C36H54N2O2. The number of benzene rings is 2. The maximum Gasteiger partial charge on any atom is 0.127 e. The molecule has 0 spiro atoms. The summed E-state index contributed by atoms with van der Waals surface area (Å²) in [6, 6.07) is 8.70. The van der Waals surface area contributed by atoms with E-state index in [9.17, 15) is 10.2 Å². The number of phenolic OH excluding ortho intramolecular Hbond substituents is 2. The normalized spacial score (nSPS) is 18.4. The molecule has 0 saturated heterocycles. The number of phenols is 2. The molecule has 220 valence electrons. The molecule has 40 heavy (non-hydrogen) atoms. The van der Waals surface area contributed by atoms with Crippen LogP contribution in [0.2, 0.25) is 0 Å². The molecule has 2 N–H and O–H groups in total. The second-order valence-corrected chi connectivity index (χ2v) is 13.4. The number of aliphatic imine (C=N–C) groups is 2. The molecule has 0 aromatic heterocycles. The van der Waals surface area contributed by atoms with Crippen molar-refractivity contribution in [1.82, 2.24) is 0 Å². The molecule has 2 aromatic carbocycles. The van der Waals surface area contributed by atoms with Crippen LogP contribution < -0.4 is 0 Å². The molecule has 1 aliphatic carbocycles. The van der Waals surface area contributed by atoms with Crippen molar-refractivity contribution >= 4 is 12.4 Å². The number of rotatable bonds is 12. The standard InChI is InChI=1S/C36H54N2O2/c1-23(2)13-15-27-17-29(35(39)31(19-27)25(5)6)21-37-33-11-9-10-12-34(33)38-22-30-18-28(16-14-24(3)4)20-32(26(7)8)36(30)40/h17-26,33-34,39-40H,9-16H2,1-8H3. The minimum absolute atomic E-state index is 0.0713. The van der Waals surface area contributed by atoms with Crippen LogP contribution in [0.3, 0.4) is 0 Å². The van der Waals surface area contributed by atoms with Gasteiger partial charge in [0.1, 0.15) is 11.5 Å². The van der Waals surface area contributed by atoms with Crippen molar-refractivity contribution in [1.29, 1.82) is 0 Å². The highest BCUT2D eigenvalue weighted by molar-refractivity contribution is 5.86. The van der Waals surface area contributed by atoms with E-state index in [1.54, 1.807) is 0 Å². The Bertz CT molecular complexity index is 1070. The van der Waals surface area contributed by atoms with Crippen LogP contribution in [0.4, 0.5) is 0 Å². The van der Waals surface area contributed by atoms with Crippen LogP contribution in [0.1, 0.15) is 139 Å². The van der Waals surface area contributed by atoms with Crippen LogP contribution >= 0.6 is 0 Å². The summed E-state index contributed by atoms with van der Waals surface area (Å²) in [6.07, 6.45) is 12.3. The Morgan fingerprint density at radius 1 is 0.650 bits per heavy atom. The summed E-state index contributed by atoms with van der Waals surface area (Å²) in [5.74, 6) is 2.48. The first-order valence-corrected chi connectivity index (χ1v) is 15.7. The zero-order valence-corrected chi connectivity index (χ0v) is 26.4. The van der Waals surface area contributed by atoms with E-state index >= 15 is 0 Å². The lowest BCUT2D eigenvalue weighted by molar-refractivity contribution is 0.390. The third-order valence-corrected chi connectivity index (χ3v) is 8.23. The van der Waals surface area contributed by atoms with E-state index in [4.69, 9.17) is 9.98 Å². The Kier molecular flexibility index (Phi) is 11.8. The molecule has 0 heterocycles. The van der Waals surface area contributed by atoms with Crippen LogP contribution in [-0.2, 0) is 12.8 Å². The highest BCUT2D eigenvalue weighted by atomic mass is 16.3. The monoisotopic (exact) mass is 546 g/mol. The summed E-state index contributed by atoms with van der Waals surface area (Å²) in [4.78, 5) is 10.0. The quantitative estimate of drug-likeness (QED) is 0.260. The summed E-state index contributed by atoms with van der Waals surface area (Å²) < 4.78 is 0. The molecule has 3 rings (SSSR count). The molecule has 1 fully saturated rings. The molecule has 2 aromatic rings. The summed E-state index contributed by atoms with van der Waals surface area (Å²) in [7, 11) is 0. The van der Waals surface area contributed by atoms with Crippen molar-refractivity contribution < 1.29 is 10.2 Å². The Hall–Kier alpha value is -2.62. The number of hydrogen-bond acceptors (Lipinski definition) is 4. The fraction of sp³-hybridized carbons (Fsp3) is 0.611. The van der Waals surface area contributed by atoms with Gasteiger partial charge in [0.25, 0.3) is 0 Å². The van der Waals surface area contributed by atoms with Crippen LogP contribution in [0, 0.1) is 11.8 Å². The number of nitrogens with zero attached hydrogens (tertiary/aromatic N) is 2. The van der Waals surface area contributed by atoms with Gasteiger partial charge in [-0.2, -0.15) is 0 Å². The third-order valence-electron chi connectivity index (χ3n) is 8.23. The van der Waals surface area contributed by atoms with Gasteiger partial charge in [0.2, 0.25) is 0 Å². The Labute approximate surface area is 244 Å². The average Bonchev–Trinajstić information content (AvgIpc) is 2.90. The van der Waals surface area contributed by atoms with Crippen LogP contribution in [0.5, 0.6) is 11.5 Å². The lowest BCUT2D eigenvalue weighted by atomic mass is 9.90. The van der Waals surface area contributed by atoms with Crippen molar-refractivity contribution in [2.75, 3.05) is 0 Å². The molecule has 0 aliphatic heterocycles. The molecule has 2 atom stereocenters. The maximum absolute atomic E-state index is 11.1. The summed E-state index contributed by atoms with van der Waals surface area (Å²) in [5, 5.41) is 22.1. The fourth-order valence-electron chi connectivity index (χ4n) is 5.56. The molecule has 1 aliphatic rings. The van der Waals surface area contributed by atoms with E-state index in [0.717, 1.165) is 73.6 Å². The minimum atomic E-state index is 0.0713. The molecule has 0 bridgehead atoms. The average molecular weight is 547 g/mol. The second-order valence-electron chi connectivity index (χ2n) is 13.4. The Morgan fingerprint density at radius 2 is 1.02 bits per heavy atom. The van der Waals surface area contributed by atoms with E-state index in [1.165, 1.54) is 11.1 Å². The second kappa shape index (κ2) is 14.8. The zero-order chi connectivity index (χ0) is 29.4. The molecule has 4 nitrogen and oxygen atoms in total. The van der Waals surface area contributed by atoms with Crippen molar-refractivity contribution in [3.8, 4) is 11.5 Å². The molecule has 2 unspecified atom stereocenters. The van der Waals surface area contributed by atoms with Crippen molar-refractivity contribution in [2.45, 2.75) is 131 Å². The summed E-state index contributed by atoms with van der Waals surface area (Å²) in [6.45, 7) is 17.5. The van der Waals surface area contributed by atoms with Crippen LogP contribution in [-0.4, -0.2) is 34.7 Å². The number of hydrogen-bond donors (Lipinski definition) is 2. The van der Waals surface area contributed by atoms with Gasteiger partial charge in [0, 0.05) is 23.6 Å². The van der Waals surface area contributed by atoms with E-state index in [-0.39, 0.29) is 23.9 Å². The predicted octanol–water partition coefficient (Wildman–Crippen LogP) is 9.37. The molecule has 0 radical (unpaired) electrons. The van der Waals surface area contributed by atoms with E-state index < -0.39 is 0 Å². The predicted molar refractivity (Wildman–Crippen MR) is 172 cm³/mol. The lowest BCUT2D eigenvalue weighted by Crippen LogP contribution is -2.27. The SMILES string of the molecule is CC(C)CCc1cc(C=NC2CCCCC2N=Cc2cc(CCC(C)C)cc(C(C)C)c2O)c(O)c(C(C)C)c1. The van der Waals surface area contributed by atoms with Gasteiger partial charge < -0.3 is 10.2 Å². The third kappa shape index (κ3) is 8.94. The lowest BCUT2D eigenvalue weighted by Gasteiger charge is -2.25. The topological polar surface area (TPSA) is 65.2 Å². The number of aryl methyl sites for hydroxylation is 2. The molecule has 0 amide bonds. The highest BCUT2D eigenvalue weighted by Crippen LogP contribution is 2.33. The maximum atomic E-state index is 11.1. The van der Waals surface area contributed by atoms with Crippen molar-refractivity contribution in [3.05, 3.63) is 57.6 Å². The van der Waals surface area contributed by atoms with Gasteiger partial charge in [-0.25, -0.2) is 0 Å². The van der Waals surface area contributed by atoms with Gasteiger partial charge in [-0.05, 0) is 96.6 Å². The van der Waals surface area contributed by atoms with Gasteiger partial charge in [-0.3, -0.25) is 9.98 Å². The summed E-state index contributed by atoms with van der Waals surface area (Å²) >= 11 is 0. The molecular weight excluding hydrogens is 492 g/mol. The minimum Gasteiger partial charge on any atom is -0.507 e. The van der Waals surface area contributed by atoms with Gasteiger partial charge in [-0.15, -0.1) is 0 Å². The van der Waals surface area contributed by atoms with Gasteiger partial charge in [0.15, 0.2) is 0 Å². The molecule has 1 saturated carbocycles.